The number of sulfone groups is 1. The third-order valence-electron chi connectivity index (χ3n) is 3.22. The van der Waals surface area contributed by atoms with Gasteiger partial charge in [0.1, 0.15) is 5.01 Å². The molecule has 2 heterocycles. The summed E-state index contributed by atoms with van der Waals surface area (Å²) in [6.07, 6.45) is 0.623. The molecule has 1 aromatic rings. The number of rotatable bonds is 2. The van der Waals surface area contributed by atoms with E-state index in [4.69, 9.17) is 0 Å². The van der Waals surface area contributed by atoms with Crippen LogP contribution < -0.4 is 5.32 Å². The van der Waals surface area contributed by atoms with Crippen LogP contribution in [-0.4, -0.2) is 32.0 Å². The van der Waals surface area contributed by atoms with Crippen LogP contribution in [0.3, 0.4) is 0 Å². The van der Waals surface area contributed by atoms with Gasteiger partial charge in [0, 0.05) is 4.88 Å². The van der Waals surface area contributed by atoms with Gasteiger partial charge in [-0.2, -0.15) is 0 Å². The highest BCUT2D eigenvalue weighted by Gasteiger charge is 2.44. The van der Waals surface area contributed by atoms with Gasteiger partial charge in [0.05, 0.1) is 22.7 Å². The lowest BCUT2D eigenvalue weighted by Gasteiger charge is -2.24. The molecule has 0 aromatic carbocycles. The summed E-state index contributed by atoms with van der Waals surface area (Å²) in [7, 11) is -1.10. The number of hydrogen-bond donors (Lipinski definition) is 1. The highest BCUT2D eigenvalue weighted by atomic mass is 32.2. The number of hydrogen-bond acceptors (Lipinski definition) is 5. The lowest BCUT2D eigenvalue weighted by molar-refractivity contribution is 0.408. The molecule has 90 valence electrons. The molecule has 4 nitrogen and oxygen atoms in total. The number of aromatic nitrogens is 1. The van der Waals surface area contributed by atoms with Crippen molar-refractivity contribution in [1.82, 2.24) is 10.3 Å². The summed E-state index contributed by atoms with van der Waals surface area (Å²) in [5, 5.41) is 4.07. The average Bonchev–Trinajstić information content (AvgIpc) is 2.70. The van der Waals surface area contributed by atoms with Crippen molar-refractivity contribution in [2.45, 2.75) is 25.8 Å². The van der Waals surface area contributed by atoms with Crippen molar-refractivity contribution in [3.63, 3.8) is 0 Å². The highest BCUT2D eigenvalue weighted by molar-refractivity contribution is 7.91. The number of nitrogens with one attached hydrogen (secondary N) is 1. The molecule has 1 aliphatic heterocycles. The third-order valence-corrected chi connectivity index (χ3v) is 6.26. The van der Waals surface area contributed by atoms with Crippen LogP contribution in [0.4, 0.5) is 0 Å². The fraction of sp³-hybridized carbons (Fsp3) is 0.700. The summed E-state index contributed by atoms with van der Waals surface area (Å²) in [6, 6.07) is 0. The quantitative estimate of drug-likeness (QED) is 0.861. The highest BCUT2D eigenvalue weighted by Crippen LogP contribution is 2.36. The average molecular weight is 260 g/mol. The smallest absolute Gasteiger partial charge is 0.152 e. The molecule has 1 unspecified atom stereocenters. The van der Waals surface area contributed by atoms with E-state index < -0.39 is 15.4 Å². The van der Waals surface area contributed by atoms with Crippen molar-refractivity contribution < 1.29 is 8.42 Å². The maximum Gasteiger partial charge on any atom is 0.152 e. The first-order valence-electron chi connectivity index (χ1n) is 5.22. The van der Waals surface area contributed by atoms with Crippen molar-refractivity contribution in [2.24, 2.45) is 0 Å². The number of nitrogens with zero attached hydrogens (tertiary/aromatic N) is 1. The van der Waals surface area contributed by atoms with Crippen molar-refractivity contribution in [1.29, 1.82) is 0 Å². The Hall–Kier alpha value is -0.460. The Balaban J connectivity index is 2.44. The number of thiazole rings is 1. The van der Waals surface area contributed by atoms with Crippen molar-refractivity contribution in [3.05, 3.63) is 15.6 Å². The normalized spacial score (nSPS) is 28.4. The van der Waals surface area contributed by atoms with E-state index in [0.29, 0.717) is 6.42 Å². The lowest BCUT2D eigenvalue weighted by Crippen LogP contribution is -2.41. The minimum absolute atomic E-state index is 0.170. The standard InChI is InChI=1S/C10H16N2O2S2/c1-7-8(2)15-9(12-7)10(11-3)4-5-16(13,14)6-10/h11H,4-6H2,1-3H3. The molecule has 1 saturated heterocycles. The Kier molecular flexibility index (Phi) is 2.84. The summed E-state index contributed by atoms with van der Waals surface area (Å²) in [6.45, 7) is 3.98. The predicted octanol–water partition coefficient (Wildman–Crippen LogP) is 0.993. The predicted molar refractivity (Wildman–Crippen MR) is 65.6 cm³/mol. The second-order valence-electron chi connectivity index (χ2n) is 4.33. The molecule has 0 radical (unpaired) electrons. The Morgan fingerprint density at radius 3 is 2.50 bits per heavy atom. The van der Waals surface area contributed by atoms with E-state index >= 15 is 0 Å². The molecule has 0 bridgehead atoms. The van der Waals surface area contributed by atoms with Crippen molar-refractivity contribution in [2.75, 3.05) is 18.6 Å². The van der Waals surface area contributed by atoms with E-state index in [9.17, 15) is 8.42 Å². The topological polar surface area (TPSA) is 59.1 Å². The van der Waals surface area contributed by atoms with Crippen molar-refractivity contribution in [3.8, 4) is 0 Å². The molecule has 0 amide bonds. The third kappa shape index (κ3) is 1.89. The molecule has 0 spiro atoms. The van der Waals surface area contributed by atoms with E-state index in [0.717, 1.165) is 15.6 Å². The molecular formula is C10H16N2O2S2. The van der Waals surface area contributed by atoms with Gasteiger partial charge in [0.25, 0.3) is 0 Å². The lowest BCUT2D eigenvalue weighted by atomic mass is 10.0. The summed E-state index contributed by atoms with van der Waals surface area (Å²) < 4.78 is 23.2. The van der Waals surface area contributed by atoms with E-state index in [1.165, 1.54) is 0 Å². The van der Waals surface area contributed by atoms with E-state index in [1.54, 1.807) is 11.3 Å². The minimum Gasteiger partial charge on any atom is -0.308 e. The van der Waals surface area contributed by atoms with Gasteiger partial charge < -0.3 is 5.32 Å². The maximum absolute atomic E-state index is 11.6. The molecule has 0 aliphatic carbocycles. The first-order valence-corrected chi connectivity index (χ1v) is 7.86. The van der Waals surface area contributed by atoms with Gasteiger partial charge in [-0.15, -0.1) is 11.3 Å². The number of aryl methyl sites for hydroxylation is 2. The molecule has 6 heteroatoms. The van der Waals surface area contributed by atoms with Gasteiger partial charge in [-0.3, -0.25) is 0 Å². The summed E-state index contributed by atoms with van der Waals surface area (Å²) in [5.74, 6) is 0.425. The molecule has 0 saturated carbocycles. The molecule has 1 aromatic heterocycles. The Bertz CT molecular complexity index is 487. The van der Waals surface area contributed by atoms with Gasteiger partial charge in [-0.1, -0.05) is 0 Å². The Morgan fingerprint density at radius 2 is 2.12 bits per heavy atom. The minimum atomic E-state index is -2.91. The van der Waals surface area contributed by atoms with Gasteiger partial charge in [0.15, 0.2) is 9.84 Å². The molecule has 16 heavy (non-hydrogen) atoms. The Labute approximate surface area is 100 Å². The Morgan fingerprint density at radius 1 is 1.44 bits per heavy atom. The monoisotopic (exact) mass is 260 g/mol. The van der Waals surface area contributed by atoms with Crippen LogP contribution in [0.2, 0.25) is 0 Å². The zero-order valence-electron chi connectivity index (χ0n) is 9.70. The van der Waals surface area contributed by atoms with Crippen LogP contribution in [0.5, 0.6) is 0 Å². The maximum atomic E-state index is 11.6. The first kappa shape index (κ1) is 12.0. The van der Waals surface area contributed by atoms with Gasteiger partial charge in [0.2, 0.25) is 0 Å². The molecule has 1 atom stereocenters. The summed E-state index contributed by atoms with van der Waals surface area (Å²) in [4.78, 5) is 5.65. The molecule has 1 fully saturated rings. The van der Waals surface area contributed by atoms with E-state index in [2.05, 4.69) is 10.3 Å². The largest absolute Gasteiger partial charge is 0.308 e. The SMILES string of the molecule is CNC1(c2nc(C)c(C)s2)CCS(=O)(=O)C1. The van der Waals surface area contributed by atoms with Crippen LogP contribution >= 0.6 is 11.3 Å². The van der Waals surface area contributed by atoms with Gasteiger partial charge >= 0.3 is 0 Å². The van der Waals surface area contributed by atoms with Crippen LogP contribution in [0.25, 0.3) is 0 Å². The fourth-order valence-corrected chi connectivity index (χ4v) is 5.21. The summed E-state index contributed by atoms with van der Waals surface area (Å²) in [5.41, 5.74) is 0.543. The van der Waals surface area contributed by atoms with Gasteiger partial charge in [-0.25, -0.2) is 13.4 Å². The second-order valence-corrected chi connectivity index (χ2v) is 7.72. The summed E-state index contributed by atoms with van der Waals surface area (Å²) >= 11 is 1.60. The first-order chi connectivity index (χ1) is 7.38. The molecular weight excluding hydrogens is 244 g/mol. The van der Waals surface area contributed by atoms with E-state index in [1.807, 2.05) is 20.9 Å². The molecule has 2 rings (SSSR count). The van der Waals surface area contributed by atoms with Crippen LogP contribution in [0, 0.1) is 13.8 Å². The second kappa shape index (κ2) is 3.78. The van der Waals surface area contributed by atoms with Crippen molar-refractivity contribution >= 4 is 21.2 Å². The zero-order valence-corrected chi connectivity index (χ0v) is 11.3. The fourth-order valence-electron chi connectivity index (χ4n) is 2.00. The molecule has 1 aliphatic rings. The van der Waals surface area contributed by atoms with Crippen LogP contribution in [0.1, 0.15) is 22.0 Å². The zero-order chi connectivity index (χ0) is 12.0. The molecule has 1 N–H and O–H groups in total. The van der Waals surface area contributed by atoms with E-state index in [-0.39, 0.29) is 11.5 Å². The van der Waals surface area contributed by atoms with Gasteiger partial charge in [-0.05, 0) is 27.3 Å². The van der Waals surface area contributed by atoms with Crippen LogP contribution in [-0.2, 0) is 15.4 Å². The van der Waals surface area contributed by atoms with Crippen LogP contribution in [0.15, 0.2) is 0 Å².